The van der Waals surface area contributed by atoms with Gasteiger partial charge in [0.15, 0.2) is 0 Å². The summed E-state index contributed by atoms with van der Waals surface area (Å²) < 4.78 is 35.7. The Bertz CT molecular complexity index is 1670. The molecule has 2 heterocycles. The third-order valence-corrected chi connectivity index (χ3v) is 12.2. The van der Waals surface area contributed by atoms with E-state index in [1.807, 2.05) is 39.0 Å². The minimum atomic E-state index is -3.96. The summed E-state index contributed by atoms with van der Waals surface area (Å²) in [6.45, 7) is 11.1. The number of hydrogen-bond acceptors (Lipinski definition) is 8. The summed E-state index contributed by atoms with van der Waals surface area (Å²) in [5.74, 6) is -0.0805. The van der Waals surface area contributed by atoms with Gasteiger partial charge < -0.3 is 15.4 Å². The molecule has 3 saturated carbocycles. The van der Waals surface area contributed by atoms with Gasteiger partial charge in [0.25, 0.3) is 0 Å². The summed E-state index contributed by atoms with van der Waals surface area (Å²) in [6, 6.07) is 10.8. The van der Waals surface area contributed by atoms with E-state index in [9.17, 15) is 18.0 Å². The van der Waals surface area contributed by atoms with Gasteiger partial charge in [0.1, 0.15) is 0 Å². The van der Waals surface area contributed by atoms with Crippen molar-refractivity contribution in [2.24, 2.45) is 0 Å². The van der Waals surface area contributed by atoms with Gasteiger partial charge in [-0.1, -0.05) is 19.1 Å². The second-order valence-corrected chi connectivity index (χ2v) is 17.2. The number of rotatable bonds is 11. The first-order valence-electron chi connectivity index (χ1n) is 16.4. The number of sulfonamides is 1. The lowest BCUT2D eigenvalue weighted by Gasteiger charge is -2.52. The highest BCUT2D eigenvalue weighted by Crippen LogP contribution is 2.55. The molecule has 254 valence electrons. The van der Waals surface area contributed by atoms with Crippen molar-refractivity contribution in [2.75, 3.05) is 5.32 Å². The maximum absolute atomic E-state index is 13.8. The number of hydrogen-bond donors (Lipinski definition) is 3. The SMILES string of the molecule is CC(C)OC(=O)NC12CCC(c3ncc(-c4ccc(NC(=O)CC[C@H](C)c5ccccn5)cc4S(=O)(=O)NC(C)(C)C)s3)(CC1)CC2. The standard InChI is InChI=1S/C35H47N5O5S2/c1-23(2)45-32(42)39-35-17-14-34(15-18-35,16-19-35)31-37-22-28(46-31)26-12-11-25(21-29(26)47(43,44)40-33(4,5)6)38-30(41)13-10-24(3)27-9-7-8-20-36-27/h7-9,11-12,20-24,40H,10,13-19H2,1-6H3,(H,38,41)(H,39,42)/t24-,34?,35?/m0/s1. The van der Waals surface area contributed by atoms with E-state index in [-0.39, 0.29) is 46.3 Å². The second-order valence-electron chi connectivity index (χ2n) is 14.5. The van der Waals surface area contributed by atoms with Crippen LogP contribution in [0.25, 0.3) is 10.4 Å². The van der Waals surface area contributed by atoms with Gasteiger partial charge in [0.05, 0.1) is 20.9 Å². The van der Waals surface area contributed by atoms with Crippen LogP contribution in [-0.4, -0.2) is 47.6 Å². The molecule has 2 amide bonds. The molecule has 2 bridgehead atoms. The first kappa shape index (κ1) is 35.0. The third kappa shape index (κ3) is 8.39. The Hall–Kier alpha value is -3.35. The van der Waals surface area contributed by atoms with Crippen LogP contribution in [0.3, 0.4) is 0 Å². The average Bonchev–Trinajstić information content (AvgIpc) is 3.51. The molecule has 1 atom stereocenters. The predicted octanol–water partition coefficient (Wildman–Crippen LogP) is 7.28. The number of benzene rings is 1. The van der Waals surface area contributed by atoms with Gasteiger partial charge >= 0.3 is 6.09 Å². The summed E-state index contributed by atoms with van der Waals surface area (Å²) in [5, 5.41) is 7.05. The van der Waals surface area contributed by atoms with Crippen LogP contribution < -0.4 is 15.4 Å². The van der Waals surface area contributed by atoms with Crippen molar-refractivity contribution in [3.63, 3.8) is 0 Å². The topological polar surface area (TPSA) is 139 Å². The maximum Gasteiger partial charge on any atom is 0.407 e. The van der Waals surface area contributed by atoms with E-state index < -0.39 is 15.6 Å². The van der Waals surface area contributed by atoms with E-state index in [0.717, 1.165) is 54.1 Å². The molecule has 6 rings (SSSR count). The van der Waals surface area contributed by atoms with Crippen molar-refractivity contribution in [1.29, 1.82) is 0 Å². The Morgan fingerprint density at radius 3 is 2.32 bits per heavy atom. The van der Waals surface area contributed by atoms with Crippen LogP contribution in [-0.2, 0) is 25.0 Å². The molecule has 10 nitrogen and oxygen atoms in total. The number of anilines is 1. The number of pyridine rings is 1. The highest BCUT2D eigenvalue weighted by Gasteiger charge is 2.51. The van der Waals surface area contributed by atoms with Crippen molar-refractivity contribution < 1.29 is 22.7 Å². The molecule has 0 unspecified atom stereocenters. The summed E-state index contributed by atoms with van der Waals surface area (Å²) in [4.78, 5) is 35.4. The van der Waals surface area contributed by atoms with Gasteiger partial charge in [-0.2, -0.15) is 0 Å². The minimum Gasteiger partial charge on any atom is -0.447 e. The molecular formula is C35H47N5O5S2. The summed E-state index contributed by atoms with van der Waals surface area (Å²) in [5.41, 5.74) is 0.839. The van der Waals surface area contributed by atoms with E-state index in [4.69, 9.17) is 9.72 Å². The average molecular weight is 682 g/mol. The fraction of sp³-hybridized carbons (Fsp3) is 0.543. The Morgan fingerprint density at radius 1 is 1.00 bits per heavy atom. The normalized spacial score (nSPS) is 21.8. The molecule has 3 aliphatic rings. The molecule has 0 aliphatic heterocycles. The number of aromatic nitrogens is 2. The zero-order chi connectivity index (χ0) is 34.0. The fourth-order valence-electron chi connectivity index (χ4n) is 6.67. The number of nitrogens with zero attached hydrogens (tertiary/aromatic N) is 2. The summed E-state index contributed by atoms with van der Waals surface area (Å²) >= 11 is 1.53. The lowest BCUT2D eigenvalue weighted by Crippen LogP contribution is -2.58. The number of fused-ring (bicyclic) bond motifs is 3. The molecule has 47 heavy (non-hydrogen) atoms. The fourth-order valence-corrected chi connectivity index (χ4v) is 9.63. The zero-order valence-corrected chi connectivity index (χ0v) is 29.8. The molecular weight excluding hydrogens is 635 g/mol. The number of amides is 2. The third-order valence-electron chi connectivity index (χ3n) is 9.17. The number of alkyl carbamates (subject to hydrolysis) is 1. The second kappa shape index (κ2) is 13.6. The van der Waals surface area contributed by atoms with Crippen molar-refractivity contribution >= 4 is 39.0 Å². The molecule has 3 aliphatic carbocycles. The minimum absolute atomic E-state index is 0.0962. The molecule has 0 radical (unpaired) electrons. The molecule has 0 spiro atoms. The zero-order valence-electron chi connectivity index (χ0n) is 28.2. The number of carbonyl (C=O) groups is 2. The quantitative estimate of drug-likeness (QED) is 0.193. The molecule has 3 fully saturated rings. The highest BCUT2D eigenvalue weighted by molar-refractivity contribution is 7.89. The van der Waals surface area contributed by atoms with E-state index in [1.54, 1.807) is 51.4 Å². The monoisotopic (exact) mass is 681 g/mol. The molecule has 3 aromatic rings. The van der Waals surface area contributed by atoms with E-state index in [2.05, 4.69) is 20.3 Å². The summed E-state index contributed by atoms with van der Waals surface area (Å²) in [7, 11) is -3.96. The van der Waals surface area contributed by atoms with Crippen LogP contribution in [0.15, 0.2) is 53.7 Å². The van der Waals surface area contributed by atoms with Crippen LogP contribution >= 0.6 is 11.3 Å². The highest BCUT2D eigenvalue weighted by atomic mass is 32.2. The Balaban J connectivity index is 1.35. The molecule has 2 aromatic heterocycles. The van der Waals surface area contributed by atoms with Crippen molar-refractivity contribution in [2.45, 2.75) is 126 Å². The number of thiazole rings is 1. The van der Waals surface area contributed by atoms with Gasteiger partial charge in [0, 0.05) is 52.3 Å². The van der Waals surface area contributed by atoms with E-state index in [0.29, 0.717) is 17.7 Å². The Morgan fingerprint density at radius 2 is 1.70 bits per heavy atom. The maximum atomic E-state index is 13.8. The van der Waals surface area contributed by atoms with Crippen molar-refractivity contribution in [3.05, 3.63) is 59.5 Å². The van der Waals surface area contributed by atoms with Gasteiger partial charge in [-0.15, -0.1) is 11.3 Å². The van der Waals surface area contributed by atoms with Crippen LogP contribution in [0.2, 0.25) is 0 Å². The molecule has 1 aromatic carbocycles. The van der Waals surface area contributed by atoms with Crippen LogP contribution in [0, 0.1) is 0 Å². The number of ether oxygens (including phenoxy) is 1. The first-order chi connectivity index (χ1) is 22.1. The predicted molar refractivity (Wildman–Crippen MR) is 185 cm³/mol. The van der Waals surface area contributed by atoms with E-state index >= 15 is 0 Å². The van der Waals surface area contributed by atoms with Gasteiger partial charge in [-0.3, -0.25) is 9.78 Å². The lowest BCUT2D eigenvalue weighted by atomic mass is 9.57. The van der Waals surface area contributed by atoms with Gasteiger partial charge in [-0.25, -0.2) is 22.9 Å². The summed E-state index contributed by atoms with van der Waals surface area (Å²) in [6.07, 6.45) is 9.09. The lowest BCUT2D eigenvalue weighted by molar-refractivity contribution is -0.116. The largest absolute Gasteiger partial charge is 0.447 e. The van der Waals surface area contributed by atoms with E-state index in [1.165, 1.54) is 11.3 Å². The van der Waals surface area contributed by atoms with Crippen molar-refractivity contribution in [3.8, 4) is 10.4 Å². The molecule has 0 saturated heterocycles. The van der Waals surface area contributed by atoms with Gasteiger partial charge in [0.2, 0.25) is 15.9 Å². The van der Waals surface area contributed by atoms with Crippen molar-refractivity contribution in [1.82, 2.24) is 20.0 Å². The number of carbonyl (C=O) groups excluding carboxylic acids is 2. The van der Waals surface area contributed by atoms with Crippen LogP contribution in [0.4, 0.5) is 10.5 Å². The van der Waals surface area contributed by atoms with Crippen LogP contribution in [0.5, 0.6) is 0 Å². The first-order valence-corrected chi connectivity index (χ1v) is 18.7. The Labute approximate surface area is 282 Å². The number of nitrogens with one attached hydrogen (secondary N) is 3. The smallest absolute Gasteiger partial charge is 0.407 e. The Kier molecular flexibility index (Phi) is 10.1. The van der Waals surface area contributed by atoms with Crippen LogP contribution in [0.1, 0.15) is 110 Å². The molecule has 12 heteroatoms. The molecule has 3 N–H and O–H groups in total. The van der Waals surface area contributed by atoms with Gasteiger partial charge in [-0.05, 0) is 110 Å².